The van der Waals surface area contributed by atoms with Crippen molar-refractivity contribution < 1.29 is 14.3 Å². The van der Waals surface area contributed by atoms with E-state index in [1.807, 2.05) is 47.5 Å². The maximum absolute atomic E-state index is 12.4. The van der Waals surface area contributed by atoms with Crippen molar-refractivity contribution in [2.75, 3.05) is 26.7 Å². The van der Waals surface area contributed by atoms with Crippen molar-refractivity contribution in [3.8, 4) is 5.75 Å². The summed E-state index contributed by atoms with van der Waals surface area (Å²) in [5, 5.41) is 5.81. The van der Waals surface area contributed by atoms with E-state index < -0.39 is 6.04 Å². The molecule has 1 aliphatic rings. The van der Waals surface area contributed by atoms with Gasteiger partial charge in [0.25, 0.3) is 0 Å². The lowest BCUT2D eigenvalue weighted by Crippen LogP contribution is -2.56. The quantitative estimate of drug-likeness (QED) is 0.628. The summed E-state index contributed by atoms with van der Waals surface area (Å²) in [4.78, 5) is 31.0. The Morgan fingerprint density at radius 2 is 2.17 bits per heavy atom. The highest BCUT2D eigenvalue weighted by atomic mass is 16.5. The third kappa shape index (κ3) is 6.02. The number of para-hydroxylation sites is 1. The zero-order valence-corrected chi connectivity index (χ0v) is 16.8. The fourth-order valence-corrected chi connectivity index (χ4v) is 3.54. The number of aryl methyl sites for hydroxylation is 1. The summed E-state index contributed by atoms with van der Waals surface area (Å²) in [6, 6.07) is 11.2. The van der Waals surface area contributed by atoms with Gasteiger partial charge in [0.15, 0.2) is 0 Å². The molecule has 3 rings (SSSR count). The van der Waals surface area contributed by atoms with Crippen molar-refractivity contribution in [1.29, 1.82) is 0 Å². The van der Waals surface area contributed by atoms with Gasteiger partial charge in [0, 0.05) is 44.1 Å². The second-order valence-corrected chi connectivity index (χ2v) is 7.11. The van der Waals surface area contributed by atoms with Crippen LogP contribution in [0.1, 0.15) is 24.0 Å². The normalized spacial score (nSPS) is 16.9. The molecule has 1 unspecified atom stereocenters. The molecule has 154 valence electrons. The Labute approximate surface area is 171 Å². The number of methoxy groups -OCH3 is 1. The minimum atomic E-state index is -0.480. The van der Waals surface area contributed by atoms with Crippen LogP contribution in [-0.4, -0.2) is 54.5 Å². The van der Waals surface area contributed by atoms with Crippen LogP contribution in [0.2, 0.25) is 0 Å². The molecule has 0 bridgehead atoms. The predicted molar refractivity (Wildman–Crippen MR) is 110 cm³/mol. The predicted octanol–water partition coefficient (Wildman–Crippen LogP) is 1.53. The Kier molecular flexibility index (Phi) is 7.58. The lowest BCUT2D eigenvalue weighted by molar-refractivity contribution is -0.134. The summed E-state index contributed by atoms with van der Waals surface area (Å²) in [5.74, 6) is 0.581. The number of pyridine rings is 1. The first-order valence-corrected chi connectivity index (χ1v) is 9.96. The van der Waals surface area contributed by atoms with E-state index in [0.717, 1.165) is 29.7 Å². The van der Waals surface area contributed by atoms with E-state index >= 15 is 0 Å². The van der Waals surface area contributed by atoms with E-state index in [2.05, 4.69) is 15.6 Å². The van der Waals surface area contributed by atoms with Gasteiger partial charge in [-0.2, -0.15) is 0 Å². The molecular weight excluding hydrogens is 368 g/mol. The van der Waals surface area contributed by atoms with Crippen molar-refractivity contribution >= 4 is 11.8 Å². The summed E-state index contributed by atoms with van der Waals surface area (Å²) in [7, 11) is 1.64. The molecule has 1 aromatic carbocycles. The molecule has 7 nitrogen and oxygen atoms in total. The van der Waals surface area contributed by atoms with Crippen LogP contribution in [0.4, 0.5) is 0 Å². The SMILES string of the molecule is COc1ccccc1CN1CCNC(=O)C1CC(=O)NCCCc1cccnc1. The van der Waals surface area contributed by atoms with Gasteiger partial charge in [-0.15, -0.1) is 0 Å². The van der Waals surface area contributed by atoms with Gasteiger partial charge in [-0.1, -0.05) is 24.3 Å². The minimum Gasteiger partial charge on any atom is -0.496 e. The summed E-state index contributed by atoms with van der Waals surface area (Å²) in [6.07, 6.45) is 5.42. The topological polar surface area (TPSA) is 83.6 Å². The van der Waals surface area contributed by atoms with E-state index in [4.69, 9.17) is 4.74 Å². The second kappa shape index (κ2) is 10.6. The monoisotopic (exact) mass is 396 g/mol. The standard InChI is InChI=1S/C22H28N4O3/c1-29-20-9-3-2-8-18(20)16-26-13-12-25-22(28)19(26)14-21(27)24-11-5-7-17-6-4-10-23-15-17/h2-4,6,8-10,15,19H,5,7,11-14,16H2,1H3,(H,24,27)(H,25,28). The fourth-order valence-electron chi connectivity index (χ4n) is 3.54. The van der Waals surface area contributed by atoms with Crippen molar-refractivity contribution in [3.05, 3.63) is 59.9 Å². The van der Waals surface area contributed by atoms with Gasteiger partial charge in [-0.3, -0.25) is 19.5 Å². The zero-order valence-electron chi connectivity index (χ0n) is 16.8. The number of aromatic nitrogens is 1. The molecule has 2 amide bonds. The van der Waals surface area contributed by atoms with Gasteiger partial charge in [0.05, 0.1) is 19.6 Å². The summed E-state index contributed by atoms with van der Waals surface area (Å²) >= 11 is 0. The third-order valence-corrected chi connectivity index (χ3v) is 5.07. The molecule has 29 heavy (non-hydrogen) atoms. The molecule has 1 aliphatic heterocycles. The first-order chi connectivity index (χ1) is 14.2. The highest BCUT2D eigenvalue weighted by Crippen LogP contribution is 2.21. The number of amides is 2. The van der Waals surface area contributed by atoms with Crippen LogP contribution < -0.4 is 15.4 Å². The summed E-state index contributed by atoms with van der Waals surface area (Å²) in [5.41, 5.74) is 2.16. The molecular formula is C22H28N4O3. The molecule has 1 atom stereocenters. The lowest BCUT2D eigenvalue weighted by atomic mass is 10.1. The maximum atomic E-state index is 12.4. The number of carbonyl (C=O) groups is 2. The molecule has 0 radical (unpaired) electrons. The lowest BCUT2D eigenvalue weighted by Gasteiger charge is -2.35. The number of nitrogens with one attached hydrogen (secondary N) is 2. The average molecular weight is 396 g/mol. The van der Waals surface area contributed by atoms with E-state index in [1.54, 1.807) is 13.3 Å². The number of rotatable bonds is 9. The Morgan fingerprint density at radius 1 is 1.31 bits per heavy atom. The molecule has 2 N–H and O–H groups in total. The van der Waals surface area contributed by atoms with Crippen molar-refractivity contribution in [2.24, 2.45) is 0 Å². The Hall–Kier alpha value is -2.93. The van der Waals surface area contributed by atoms with Crippen LogP contribution in [0, 0.1) is 0 Å². The smallest absolute Gasteiger partial charge is 0.237 e. The molecule has 2 aromatic rings. The van der Waals surface area contributed by atoms with E-state index in [-0.39, 0.29) is 18.2 Å². The molecule has 7 heteroatoms. The van der Waals surface area contributed by atoms with Crippen LogP contribution in [0.5, 0.6) is 5.75 Å². The van der Waals surface area contributed by atoms with Crippen LogP contribution in [0.15, 0.2) is 48.8 Å². The Morgan fingerprint density at radius 3 is 2.97 bits per heavy atom. The van der Waals surface area contributed by atoms with Gasteiger partial charge in [0.2, 0.25) is 11.8 Å². The number of nitrogens with zero attached hydrogens (tertiary/aromatic N) is 2. The molecule has 1 saturated heterocycles. The van der Waals surface area contributed by atoms with Gasteiger partial charge in [-0.25, -0.2) is 0 Å². The molecule has 1 fully saturated rings. The molecule has 0 aliphatic carbocycles. The van der Waals surface area contributed by atoms with Crippen LogP contribution >= 0.6 is 0 Å². The highest BCUT2D eigenvalue weighted by molar-refractivity contribution is 5.88. The average Bonchev–Trinajstić information content (AvgIpc) is 2.75. The summed E-state index contributed by atoms with van der Waals surface area (Å²) < 4.78 is 5.42. The number of hydrogen-bond acceptors (Lipinski definition) is 5. The maximum Gasteiger partial charge on any atom is 0.237 e. The van der Waals surface area contributed by atoms with Crippen LogP contribution in [-0.2, 0) is 22.6 Å². The van der Waals surface area contributed by atoms with Gasteiger partial charge in [0.1, 0.15) is 5.75 Å². The molecule has 0 saturated carbocycles. The van der Waals surface area contributed by atoms with Crippen LogP contribution in [0.3, 0.4) is 0 Å². The van der Waals surface area contributed by atoms with E-state index in [1.165, 1.54) is 0 Å². The zero-order chi connectivity index (χ0) is 20.5. The van der Waals surface area contributed by atoms with Crippen molar-refractivity contribution in [3.63, 3.8) is 0 Å². The van der Waals surface area contributed by atoms with Gasteiger partial charge < -0.3 is 15.4 Å². The number of piperazine rings is 1. The Bertz CT molecular complexity index is 813. The first-order valence-electron chi connectivity index (χ1n) is 9.96. The Balaban J connectivity index is 1.52. The summed E-state index contributed by atoms with van der Waals surface area (Å²) in [6.45, 7) is 2.42. The number of ether oxygens (including phenoxy) is 1. The molecule has 1 aromatic heterocycles. The highest BCUT2D eigenvalue weighted by Gasteiger charge is 2.31. The number of hydrogen-bond donors (Lipinski definition) is 2. The van der Waals surface area contributed by atoms with Gasteiger partial charge >= 0.3 is 0 Å². The third-order valence-electron chi connectivity index (χ3n) is 5.07. The first kappa shape index (κ1) is 20.8. The van der Waals surface area contributed by atoms with Crippen LogP contribution in [0.25, 0.3) is 0 Å². The largest absolute Gasteiger partial charge is 0.496 e. The second-order valence-electron chi connectivity index (χ2n) is 7.11. The molecule has 2 heterocycles. The molecule has 0 spiro atoms. The fraction of sp³-hybridized carbons (Fsp3) is 0.409. The van der Waals surface area contributed by atoms with E-state index in [9.17, 15) is 9.59 Å². The number of carbonyl (C=O) groups excluding carboxylic acids is 2. The van der Waals surface area contributed by atoms with E-state index in [0.29, 0.717) is 26.2 Å². The van der Waals surface area contributed by atoms with Crippen molar-refractivity contribution in [1.82, 2.24) is 20.5 Å². The van der Waals surface area contributed by atoms with Crippen molar-refractivity contribution in [2.45, 2.75) is 31.8 Å². The number of benzene rings is 1. The van der Waals surface area contributed by atoms with Gasteiger partial charge in [-0.05, 0) is 30.5 Å². The minimum absolute atomic E-state index is 0.100.